The molecule has 0 bridgehead atoms. The van der Waals surface area contributed by atoms with Gasteiger partial charge < -0.3 is 0 Å². The first kappa shape index (κ1) is 25.8. The van der Waals surface area contributed by atoms with Gasteiger partial charge >= 0.3 is 0 Å². The molecule has 216 valence electrons. The number of pyridine rings is 1. The standard InChI is InChI=1S/C45H31N/c1-2-14-32-28(10-1)11-7-19-33(32)30-21-23-37-38-24-22-31(34-20-8-12-29-13-9-25-46-45(29)34)27-42(38)44-40-18-6-4-16-36(40)35-15-3-5-17-39(35)43(44)41(37)26-30/h1-3,5-7,9-15,17-19,21-27H,4,8,16,20H2. The number of hydrogen-bond donors (Lipinski definition) is 0. The first-order chi connectivity index (χ1) is 22.8. The summed E-state index contributed by atoms with van der Waals surface area (Å²) >= 11 is 0. The van der Waals surface area contributed by atoms with E-state index in [9.17, 15) is 0 Å². The van der Waals surface area contributed by atoms with Crippen molar-refractivity contribution in [3.05, 3.63) is 155 Å². The van der Waals surface area contributed by atoms with Crippen LogP contribution in [0, 0.1) is 0 Å². The lowest BCUT2D eigenvalue weighted by molar-refractivity contribution is 1.00. The van der Waals surface area contributed by atoms with Crippen LogP contribution < -0.4 is 10.6 Å². The minimum Gasteiger partial charge on any atom is -0.256 e. The van der Waals surface area contributed by atoms with Crippen LogP contribution in [0.15, 0.2) is 128 Å². The molecule has 10 rings (SSSR count). The van der Waals surface area contributed by atoms with E-state index in [0.717, 1.165) is 31.0 Å². The molecule has 0 fully saturated rings. The van der Waals surface area contributed by atoms with Gasteiger partial charge in [0.25, 0.3) is 0 Å². The molecule has 8 aromatic rings. The van der Waals surface area contributed by atoms with Gasteiger partial charge in [0.15, 0.2) is 0 Å². The van der Waals surface area contributed by atoms with E-state index in [1.807, 2.05) is 6.20 Å². The van der Waals surface area contributed by atoms with Gasteiger partial charge in [-0.05, 0) is 136 Å². The Morgan fingerprint density at radius 1 is 0.522 bits per heavy atom. The second kappa shape index (κ2) is 9.99. The SMILES string of the molecule is C1=Cc2c(c3ccccc3c3c4cc(-c5cccc6ccccc56)ccc4c4ccc(C5=c6ncccc6=CCC5)cc4c23)CC1. The summed E-state index contributed by atoms with van der Waals surface area (Å²) in [6.07, 6.45) is 13.2. The third kappa shape index (κ3) is 3.72. The zero-order chi connectivity index (χ0) is 30.2. The van der Waals surface area contributed by atoms with Crippen molar-refractivity contribution >= 4 is 71.6 Å². The minimum absolute atomic E-state index is 1.01. The van der Waals surface area contributed by atoms with E-state index in [1.165, 1.54) is 92.5 Å². The van der Waals surface area contributed by atoms with Crippen LogP contribution >= 0.6 is 0 Å². The summed E-state index contributed by atoms with van der Waals surface area (Å²) in [6, 6.07) is 43.1. The number of aromatic nitrogens is 1. The molecule has 1 nitrogen and oxygen atoms in total. The van der Waals surface area contributed by atoms with Crippen LogP contribution in [0.3, 0.4) is 0 Å². The summed E-state index contributed by atoms with van der Waals surface area (Å²) in [7, 11) is 0. The minimum atomic E-state index is 1.01. The Hall–Kier alpha value is -5.53. The zero-order valence-electron chi connectivity index (χ0n) is 25.6. The highest BCUT2D eigenvalue weighted by Gasteiger charge is 2.21. The number of benzene rings is 7. The summed E-state index contributed by atoms with van der Waals surface area (Å²) in [5, 5.41) is 15.7. The molecule has 0 amide bonds. The summed E-state index contributed by atoms with van der Waals surface area (Å²) in [4.78, 5) is 4.86. The molecule has 1 heteroatoms. The first-order valence-corrected chi connectivity index (χ1v) is 16.5. The maximum absolute atomic E-state index is 4.86. The fraction of sp³-hybridized carbons (Fsp3) is 0.0889. The maximum Gasteiger partial charge on any atom is 0.0736 e. The van der Waals surface area contributed by atoms with Gasteiger partial charge in [-0.1, -0.05) is 115 Å². The van der Waals surface area contributed by atoms with E-state index in [0.29, 0.717) is 0 Å². The van der Waals surface area contributed by atoms with Crippen molar-refractivity contribution < 1.29 is 0 Å². The molecular weight excluding hydrogens is 555 g/mol. The van der Waals surface area contributed by atoms with E-state index in [-0.39, 0.29) is 0 Å². The molecule has 2 aliphatic rings. The Morgan fingerprint density at radius 3 is 2.20 bits per heavy atom. The summed E-state index contributed by atoms with van der Waals surface area (Å²) in [5.74, 6) is 0. The van der Waals surface area contributed by atoms with Crippen LogP contribution in [0.5, 0.6) is 0 Å². The van der Waals surface area contributed by atoms with Crippen LogP contribution in [-0.2, 0) is 6.42 Å². The molecule has 7 aromatic carbocycles. The average Bonchev–Trinajstić information content (AvgIpc) is 3.13. The lowest BCUT2D eigenvalue weighted by atomic mass is 9.81. The molecule has 1 aromatic heterocycles. The largest absolute Gasteiger partial charge is 0.256 e. The molecule has 0 radical (unpaired) electrons. The number of hydrogen-bond acceptors (Lipinski definition) is 1. The van der Waals surface area contributed by atoms with Crippen molar-refractivity contribution in [1.29, 1.82) is 0 Å². The van der Waals surface area contributed by atoms with E-state index < -0.39 is 0 Å². The molecule has 2 aliphatic carbocycles. The monoisotopic (exact) mass is 585 g/mol. The molecule has 0 atom stereocenters. The fourth-order valence-corrected chi connectivity index (χ4v) is 8.38. The van der Waals surface area contributed by atoms with Gasteiger partial charge in [0.2, 0.25) is 0 Å². The summed E-state index contributed by atoms with van der Waals surface area (Å²) < 4.78 is 0. The van der Waals surface area contributed by atoms with Gasteiger partial charge in [-0.3, -0.25) is 4.98 Å². The second-order valence-corrected chi connectivity index (χ2v) is 12.8. The Bertz CT molecular complexity index is 2740. The molecular formula is C45H31N. The van der Waals surface area contributed by atoms with E-state index in [2.05, 4.69) is 133 Å². The Kier molecular flexibility index (Phi) is 5.59. The van der Waals surface area contributed by atoms with Crippen molar-refractivity contribution in [3.63, 3.8) is 0 Å². The van der Waals surface area contributed by atoms with Gasteiger partial charge in [-0.15, -0.1) is 0 Å². The van der Waals surface area contributed by atoms with Crippen molar-refractivity contribution in [2.24, 2.45) is 0 Å². The van der Waals surface area contributed by atoms with Crippen LogP contribution in [0.2, 0.25) is 0 Å². The van der Waals surface area contributed by atoms with E-state index in [4.69, 9.17) is 4.98 Å². The first-order valence-electron chi connectivity index (χ1n) is 16.5. The summed E-state index contributed by atoms with van der Waals surface area (Å²) in [6.45, 7) is 0. The summed E-state index contributed by atoms with van der Waals surface area (Å²) in [5.41, 5.74) is 8.05. The topological polar surface area (TPSA) is 12.9 Å². The number of rotatable bonds is 2. The number of fused-ring (bicyclic) bond motifs is 13. The van der Waals surface area contributed by atoms with Crippen LogP contribution in [0.25, 0.3) is 82.7 Å². The smallest absolute Gasteiger partial charge is 0.0736 e. The lowest BCUT2D eigenvalue weighted by Crippen LogP contribution is -2.32. The van der Waals surface area contributed by atoms with Crippen LogP contribution in [0.4, 0.5) is 0 Å². The van der Waals surface area contributed by atoms with Gasteiger partial charge in [0.1, 0.15) is 0 Å². The normalized spacial score (nSPS) is 14.2. The van der Waals surface area contributed by atoms with Gasteiger partial charge in [0.05, 0.1) is 5.35 Å². The predicted molar refractivity (Wildman–Crippen MR) is 196 cm³/mol. The molecule has 0 spiro atoms. The van der Waals surface area contributed by atoms with Crippen molar-refractivity contribution in [1.82, 2.24) is 4.98 Å². The molecule has 0 saturated heterocycles. The molecule has 0 saturated carbocycles. The Labute approximate surface area is 267 Å². The predicted octanol–water partition coefficient (Wildman–Crippen LogP) is 10.2. The lowest BCUT2D eigenvalue weighted by Gasteiger charge is -2.22. The Morgan fingerprint density at radius 2 is 1.28 bits per heavy atom. The number of nitrogens with zero attached hydrogens (tertiary/aromatic N) is 1. The fourth-order valence-electron chi connectivity index (χ4n) is 8.38. The highest BCUT2D eigenvalue weighted by molar-refractivity contribution is 6.34. The van der Waals surface area contributed by atoms with Gasteiger partial charge in [0, 0.05) is 6.20 Å². The maximum atomic E-state index is 4.86. The molecule has 46 heavy (non-hydrogen) atoms. The third-order valence-electron chi connectivity index (χ3n) is 10.4. The van der Waals surface area contributed by atoms with E-state index in [1.54, 1.807) is 0 Å². The highest BCUT2D eigenvalue weighted by atomic mass is 14.6. The molecule has 0 unspecified atom stereocenters. The number of allylic oxidation sites excluding steroid dienone is 1. The van der Waals surface area contributed by atoms with Gasteiger partial charge in [-0.25, -0.2) is 0 Å². The molecule has 1 heterocycles. The zero-order valence-corrected chi connectivity index (χ0v) is 25.6. The Balaban J connectivity index is 1.39. The van der Waals surface area contributed by atoms with Crippen LogP contribution in [0.1, 0.15) is 36.0 Å². The molecule has 0 N–H and O–H groups in total. The highest BCUT2D eigenvalue weighted by Crippen LogP contribution is 2.46. The van der Waals surface area contributed by atoms with Crippen molar-refractivity contribution in [2.45, 2.75) is 25.7 Å². The van der Waals surface area contributed by atoms with Gasteiger partial charge in [-0.2, -0.15) is 0 Å². The second-order valence-electron chi connectivity index (χ2n) is 12.8. The third-order valence-corrected chi connectivity index (χ3v) is 10.4. The molecule has 0 aliphatic heterocycles. The van der Waals surface area contributed by atoms with Crippen LogP contribution in [-0.4, -0.2) is 4.98 Å². The van der Waals surface area contributed by atoms with E-state index >= 15 is 0 Å². The van der Waals surface area contributed by atoms with Crippen molar-refractivity contribution in [2.75, 3.05) is 0 Å². The van der Waals surface area contributed by atoms with Crippen molar-refractivity contribution in [3.8, 4) is 11.1 Å². The average molecular weight is 586 g/mol. The quantitative estimate of drug-likeness (QED) is 0.184. The number of aryl methyl sites for hydroxylation is 1.